The van der Waals surface area contributed by atoms with Gasteiger partial charge >= 0.3 is 6.18 Å². The van der Waals surface area contributed by atoms with E-state index in [0.717, 1.165) is 0 Å². The van der Waals surface area contributed by atoms with Crippen LogP contribution in [0.15, 0.2) is 24.3 Å². The molecule has 0 aliphatic rings. The topological polar surface area (TPSA) is 64.3 Å². The molecule has 3 N–H and O–H groups in total. The second-order valence-electron chi connectivity index (χ2n) is 4.57. The number of benzene rings is 1. The summed E-state index contributed by atoms with van der Waals surface area (Å²) in [5, 5.41) is 2.66. The van der Waals surface area contributed by atoms with Crippen LogP contribution in [-0.2, 0) is 9.53 Å². The zero-order valence-corrected chi connectivity index (χ0v) is 11.6. The number of nitrogens with one attached hydrogen (secondary N) is 1. The average molecular weight is 304 g/mol. The predicted molar refractivity (Wildman–Crippen MR) is 74.8 cm³/mol. The van der Waals surface area contributed by atoms with Gasteiger partial charge in [-0.05, 0) is 25.0 Å². The monoisotopic (exact) mass is 304 g/mol. The summed E-state index contributed by atoms with van der Waals surface area (Å²) in [6.45, 7) is 0.308. The van der Waals surface area contributed by atoms with Gasteiger partial charge in [-0.2, -0.15) is 13.2 Å². The maximum atomic E-state index is 11.9. The molecule has 118 valence electrons. The zero-order chi connectivity index (χ0) is 15.7. The largest absolute Gasteiger partial charge is 0.397 e. The third-order valence-corrected chi connectivity index (χ3v) is 2.68. The number of amides is 1. The van der Waals surface area contributed by atoms with Gasteiger partial charge in [0, 0.05) is 26.1 Å². The van der Waals surface area contributed by atoms with Gasteiger partial charge < -0.3 is 15.8 Å². The van der Waals surface area contributed by atoms with Crippen molar-refractivity contribution in [2.75, 3.05) is 24.3 Å². The summed E-state index contributed by atoms with van der Waals surface area (Å²) in [5.74, 6) is -0.202. The number of anilines is 2. The van der Waals surface area contributed by atoms with E-state index in [9.17, 15) is 18.0 Å². The predicted octanol–water partition coefficient (Wildman–Crippen LogP) is 3.35. The lowest BCUT2D eigenvalue weighted by Crippen LogP contribution is -2.14. The van der Waals surface area contributed by atoms with E-state index in [-0.39, 0.29) is 32.0 Å². The SMILES string of the molecule is Nc1ccccc1NC(=O)CCCOCCCC(F)(F)F. The van der Waals surface area contributed by atoms with Crippen LogP contribution in [0, 0.1) is 0 Å². The first-order chi connectivity index (χ1) is 9.88. The van der Waals surface area contributed by atoms with E-state index >= 15 is 0 Å². The minimum Gasteiger partial charge on any atom is -0.397 e. The summed E-state index contributed by atoms with van der Waals surface area (Å²) >= 11 is 0. The maximum absolute atomic E-state index is 11.9. The molecule has 1 amide bonds. The Labute approximate surface area is 121 Å². The smallest absolute Gasteiger partial charge is 0.389 e. The highest BCUT2D eigenvalue weighted by molar-refractivity contribution is 5.93. The molecule has 1 aromatic rings. The summed E-state index contributed by atoms with van der Waals surface area (Å²) in [6, 6.07) is 6.90. The van der Waals surface area contributed by atoms with Crippen molar-refractivity contribution in [3.05, 3.63) is 24.3 Å². The van der Waals surface area contributed by atoms with E-state index in [1.54, 1.807) is 24.3 Å². The van der Waals surface area contributed by atoms with E-state index < -0.39 is 12.6 Å². The van der Waals surface area contributed by atoms with Gasteiger partial charge in [0.1, 0.15) is 0 Å². The molecule has 0 aliphatic heterocycles. The van der Waals surface area contributed by atoms with E-state index in [1.165, 1.54) is 0 Å². The van der Waals surface area contributed by atoms with Crippen molar-refractivity contribution in [1.29, 1.82) is 0 Å². The van der Waals surface area contributed by atoms with Crippen molar-refractivity contribution < 1.29 is 22.7 Å². The van der Waals surface area contributed by atoms with E-state index in [4.69, 9.17) is 10.5 Å². The Morgan fingerprint density at radius 1 is 1.19 bits per heavy atom. The van der Waals surface area contributed by atoms with Gasteiger partial charge in [-0.15, -0.1) is 0 Å². The minimum atomic E-state index is -4.14. The second-order valence-corrected chi connectivity index (χ2v) is 4.57. The molecular formula is C14H19F3N2O2. The molecule has 0 saturated heterocycles. The van der Waals surface area contributed by atoms with Gasteiger partial charge in [-0.1, -0.05) is 12.1 Å². The fraction of sp³-hybridized carbons (Fsp3) is 0.500. The van der Waals surface area contributed by atoms with Crippen LogP contribution >= 0.6 is 0 Å². The molecule has 0 saturated carbocycles. The Kier molecular flexibility index (Phi) is 7.01. The number of para-hydroxylation sites is 2. The van der Waals surface area contributed by atoms with Gasteiger partial charge in [0.05, 0.1) is 11.4 Å². The average Bonchev–Trinajstić information content (AvgIpc) is 2.39. The molecular weight excluding hydrogens is 285 g/mol. The Bertz CT molecular complexity index is 450. The molecule has 4 nitrogen and oxygen atoms in total. The minimum absolute atomic E-state index is 0.0484. The first-order valence-corrected chi connectivity index (χ1v) is 6.67. The summed E-state index contributed by atoms with van der Waals surface area (Å²) in [5.41, 5.74) is 6.71. The lowest BCUT2D eigenvalue weighted by atomic mass is 10.2. The van der Waals surface area contributed by atoms with Crippen LogP contribution in [0.3, 0.4) is 0 Å². The lowest BCUT2D eigenvalue weighted by molar-refractivity contribution is -0.137. The van der Waals surface area contributed by atoms with Gasteiger partial charge in [0.15, 0.2) is 0 Å². The Hall–Kier alpha value is -1.76. The van der Waals surface area contributed by atoms with Crippen LogP contribution in [0.2, 0.25) is 0 Å². The highest BCUT2D eigenvalue weighted by Gasteiger charge is 2.25. The van der Waals surface area contributed by atoms with Crippen LogP contribution in [0.1, 0.15) is 25.7 Å². The number of nitrogens with two attached hydrogens (primary N) is 1. The number of carbonyl (C=O) groups is 1. The van der Waals surface area contributed by atoms with Gasteiger partial charge in [-0.3, -0.25) is 4.79 Å². The van der Waals surface area contributed by atoms with Crippen molar-refractivity contribution >= 4 is 17.3 Å². The maximum Gasteiger partial charge on any atom is 0.389 e. The van der Waals surface area contributed by atoms with Crippen molar-refractivity contribution in [3.8, 4) is 0 Å². The Morgan fingerprint density at radius 2 is 1.86 bits per heavy atom. The molecule has 0 spiro atoms. The molecule has 0 unspecified atom stereocenters. The highest BCUT2D eigenvalue weighted by Crippen LogP contribution is 2.21. The molecule has 0 aromatic heterocycles. The molecule has 21 heavy (non-hydrogen) atoms. The highest BCUT2D eigenvalue weighted by atomic mass is 19.4. The second kappa shape index (κ2) is 8.51. The van der Waals surface area contributed by atoms with Crippen LogP contribution in [0.4, 0.5) is 24.5 Å². The summed E-state index contributed by atoms with van der Waals surface area (Å²) < 4.78 is 40.6. The van der Waals surface area contributed by atoms with Gasteiger partial charge in [0.25, 0.3) is 0 Å². The number of hydrogen-bond donors (Lipinski definition) is 2. The zero-order valence-electron chi connectivity index (χ0n) is 11.6. The van der Waals surface area contributed by atoms with E-state index in [2.05, 4.69) is 5.32 Å². The number of carbonyl (C=O) groups excluding carboxylic acids is 1. The normalized spacial score (nSPS) is 11.4. The molecule has 0 heterocycles. The number of ether oxygens (including phenoxy) is 1. The van der Waals surface area contributed by atoms with Gasteiger partial charge in [0.2, 0.25) is 5.91 Å². The standard InChI is InChI=1S/C14H19F3N2O2/c15-14(16,17)8-4-10-21-9-3-7-13(20)19-12-6-2-1-5-11(12)18/h1-2,5-6H,3-4,7-10,18H2,(H,19,20). The number of halogens is 3. The summed E-state index contributed by atoms with van der Waals surface area (Å²) in [6.07, 6.45) is -4.37. The van der Waals surface area contributed by atoms with Crippen LogP contribution in [0.25, 0.3) is 0 Å². The first-order valence-electron chi connectivity index (χ1n) is 6.67. The van der Waals surface area contributed by atoms with Crippen molar-refractivity contribution in [3.63, 3.8) is 0 Å². The Morgan fingerprint density at radius 3 is 2.52 bits per heavy atom. The van der Waals surface area contributed by atoms with Crippen LogP contribution in [-0.4, -0.2) is 25.3 Å². The van der Waals surface area contributed by atoms with Gasteiger partial charge in [-0.25, -0.2) is 0 Å². The molecule has 7 heteroatoms. The lowest BCUT2D eigenvalue weighted by Gasteiger charge is -2.08. The summed E-state index contributed by atoms with van der Waals surface area (Å²) in [4.78, 5) is 11.6. The molecule has 0 fully saturated rings. The molecule has 1 aromatic carbocycles. The van der Waals surface area contributed by atoms with Crippen molar-refractivity contribution in [1.82, 2.24) is 0 Å². The van der Waals surface area contributed by atoms with Crippen molar-refractivity contribution in [2.24, 2.45) is 0 Å². The summed E-state index contributed by atoms with van der Waals surface area (Å²) in [7, 11) is 0. The van der Waals surface area contributed by atoms with Crippen molar-refractivity contribution in [2.45, 2.75) is 31.9 Å². The molecule has 0 bridgehead atoms. The van der Waals surface area contributed by atoms with Crippen LogP contribution in [0.5, 0.6) is 0 Å². The molecule has 0 atom stereocenters. The first kappa shape index (κ1) is 17.3. The quantitative estimate of drug-likeness (QED) is 0.572. The molecule has 0 radical (unpaired) electrons. The number of hydrogen-bond acceptors (Lipinski definition) is 3. The van der Waals surface area contributed by atoms with E-state index in [1.807, 2.05) is 0 Å². The molecule has 1 rings (SSSR count). The number of rotatable bonds is 8. The third-order valence-electron chi connectivity index (χ3n) is 2.68. The number of alkyl halides is 3. The van der Waals surface area contributed by atoms with Crippen LogP contribution < -0.4 is 11.1 Å². The molecule has 0 aliphatic carbocycles. The number of nitrogen functional groups attached to an aromatic ring is 1. The fourth-order valence-corrected chi connectivity index (χ4v) is 1.64. The third kappa shape index (κ3) is 8.19. The van der Waals surface area contributed by atoms with E-state index in [0.29, 0.717) is 17.8 Å². The fourth-order valence-electron chi connectivity index (χ4n) is 1.64. The Balaban J connectivity index is 2.08.